The topological polar surface area (TPSA) is 70.9 Å². The monoisotopic (exact) mass is 337 g/mol. The largest absolute Gasteiger partial charge is 0.448 e. The number of imidazole rings is 1. The number of furan rings is 1. The fourth-order valence-electron chi connectivity index (χ4n) is 2.93. The van der Waals surface area contributed by atoms with E-state index in [0.717, 1.165) is 11.0 Å². The van der Waals surface area contributed by atoms with Crippen LogP contribution in [0.1, 0.15) is 34.9 Å². The minimum atomic E-state index is -0.481. The quantitative estimate of drug-likeness (QED) is 0.587. The van der Waals surface area contributed by atoms with Gasteiger partial charge in [-0.25, -0.2) is 9.37 Å². The molecule has 1 atom stereocenters. The summed E-state index contributed by atoms with van der Waals surface area (Å²) in [5, 5.41) is 3.44. The first-order valence-corrected chi connectivity index (χ1v) is 7.97. The van der Waals surface area contributed by atoms with Gasteiger partial charge in [-0.2, -0.15) is 0 Å². The minimum Gasteiger partial charge on any atom is -0.448 e. The van der Waals surface area contributed by atoms with E-state index in [1.54, 1.807) is 19.1 Å². The summed E-state index contributed by atoms with van der Waals surface area (Å²) in [5.74, 6) is -0.122. The van der Waals surface area contributed by atoms with Crippen LogP contribution >= 0.6 is 0 Å². The summed E-state index contributed by atoms with van der Waals surface area (Å²) >= 11 is 0. The Kier molecular flexibility index (Phi) is 3.53. The van der Waals surface area contributed by atoms with E-state index in [-0.39, 0.29) is 17.4 Å². The number of nitrogens with zero attached hydrogens (tertiary/aromatic N) is 1. The van der Waals surface area contributed by atoms with E-state index in [0.29, 0.717) is 16.8 Å². The molecule has 25 heavy (non-hydrogen) atoms. The number of nitrogens with one attached hydrogen (secondary N) is 2. The van der Waals surface area contributed by atoms with Crippen molar-refractivity contribution in [3.05, 3.63) is 65.4 Å². The normalized spacial score (nSPS) is 12.6. The summed E-state index contributed by atoms with van der Waals surface area (Å²) in [6.45, 7) is 3.57. The van der Waals surface area contributed by atoms with Crippen LogP contribution in [0.3, 0.4) is 0 Å². The van der Waals surface area contributed by atoms with Crippen molar-refractivity contribution in [2.24, 2.45) is 0 Å². The van der Waals surface area contributed by atoms with Gasteiger partial charge in [0.2, 0.25) is 0 Å². The second-order valence-electron chi connectivity index (χ2n) is 6.01. The number of fused-ring (bicyclic) bond motifs is 2. The van der Waals surface area contributed by atoms with Gasteiger partial charge in [-0.3, -0.25) is 4.79 Å². The summed E-state index contributed by atoms with van der Waals surface area (Å²) in [6, 6.07) is 11.9. The van der Waals surface area contributed by atoms with Crippen molar-refractivity contribution in [1.82, 2.24) is 15.3 Å². The van der Waals surface area contributed by atoms with E-state index in [4.69, 9.17) is 4.42 Å². The van der Waals surface area contributed by atoms with E-state index in [2.05, 4.69) is 15.3 Å². The summed E-state index contributed by atoms with van der Waals surface area (Å²) in [5.41, 5.74) is 2.45. The van der Waals surface area contributed by atoms with E-state index < -0.39 is 11.7 Å². The highest BCUT2D eigenvalue weighted by molar-refractivity contribution is 5.99. The maximum absolute atomic E-state index is 13.8. The summed E-state index contributed by atoms with van der Waals surface area (Å²) in [4.78, 5) is 20.2. The van der Waals surface area contributed by atoms with E-state index in [9.17, 15) is 9.18 Å². The van der Waals surface area contributed by atoms with Crippen LogP contribution in [0, 0.1) is 12.7 Å². The number of aromatic amines is 1. The molecule has 5 nitrogen and oxygen atoms in total. The number of hydrogen-bond acceptors (Lipinski definition) is 3. The highest BCUT2D eigenvalue weighted by Gasteiger charge is 2.22. The zero-order valence-electron chi connectivity index (χ0n) is 13.8. The molecule has 2 aromatic heterocycles. The van der Waals surface area contributed by atoms with Crippen LogP contribution < -0.4 is 5.32 Å². The van der Waals surface area contributed by atoms with Gasteiger partial charge in [0.25, 0.3) is 5.91 Å². The minimum absolute atomic E-state index is 0.0986. The fourth-order valence-corrected chi connectivity index (χ4v) is 2.93. The van der Waals surface area contributed by atoms with Crippen molar-refractivity contribution < 1.29 is 13.6 Å². The fraction of sp³-hybridized carbons (Fsp3) is 0.158. The molecule has 0 aliphatic rings. The van der Waals surface area contributed by atoms with E-state index >= 15 is 0 Å². The molecule has 0 radical (unpaired) electrons. The van der Waals surface area contributed by atoms with Crippen LogP contribution in [0.4, 0.5) is 4.39 Å². The number of amides is 1. The maximum atomic E-state index is 13.8. The Balaban J connectivity index is 1.63. The highest BCUT2D eigenvalue weighted by Crippen LogP contribution is 2.27. The molecule has 0 aliphatic heterocycles. The Bertz CT molecular complexity index is 1060. The molecule has 1 amide bonds. The zero-order valence-corrected chi connectivity index (χ0v) is 13.8. The molecule has 2 aromatic carbocycles. The Morgan fingerprint density at radius 2 is 2.04 bits per heavy atom. The first-order valence-electron chi connectivity index (χ1n) is 7.97. The molecule has 0 spiro atoms. The molecular weight excluding hydrogens is 321 g/mol. The number of rotatable bonds is 3. The van der Waals surface area contributed by atoms with Crippen molar-refractivity contribution in [2.75, 3.05) is 0 Å². The van der Waals surface area contributed by atoms with Crippen LogP contribution in [0.5, 0.6) is 0 Å². The summed E-state index contributed by atoms with van der Waals surface area (Å²) in [7, 11) is 0. The van der Waals surface area contributed by atoms with Crippen LogP contribution in [-0.4, -0.2) is 15.9 Å². The van der Waals surface area contributed by atoms with Gasteiger partial charge < -0.3 is 14.7 Å². The smallest absolute Gasteiger partial charge is 0.287 e. The van der Waals surface area contributed by atoms with Gasteiger partial charge >= 0.3 is 0 Å². The molecule has 4 aromatic rings. The van der Waals surface area contributed by atoms with Crippen LogP contribution in [0.25, 0.3) is 22.0 Å². The number of aromatic nitrogens is 2. The number of halogens is 1. The number of carbonyl (C=O) groups is 1. The molecule has 0 saturated heterocycles. The number of hydrogen-bond donors (Lipinski definition) is 2. The predicted octanol–water partition coefficient (Wildman–Crippen LogP) is 4.25. The van der Waals surface area contributed by atoms with Crippen molar-refractivity contribution in [2.45, 2.75) is 19.9 Å². The first kappa shape index (κ1) is 15.4. The molecule has 0 fully saturated rings. The number of benzene rings is 2. The average molecular weight is 337 g/mol. The molecule has 4 rings (SSSR count). The second-order valence-corrected chi connectivity index (χ2v) is 6.01. The first-order chi connectivity index (χ1) is 12.0. The molecule has 0 aliphatic carbocycles. The third-order valence-corrected chi connectivity index (χ3v) is 4.29. The molecule has 2 heterocycles. The van der Waals surface area contributed by atoms with Crippen molar-refractivity contribution in [1.29, 1.82) is 0 Å². The number of aryl methyl sites for hydroxylation is 1. The Hall–Kier alpha value is -3.15. The number of carbonyl (C=O) groups excluding carboxylic acids is 1. The van der Waals surface area contributed by atoms with Crippen LogP contribution in [0.15, 0.2) is 46.9 Å². The average Bonchev–Trinajstić information content (AvgIpc) is 3.17. The maximum Gasteiger partial charge on any atom is 0.287 e. The van der Waals surface area contributed by atoms with Gasteiger partial charge in [-0.1, -0.05) is 24.3 Å². The predicted molar refractivity (Wildman–Crippen MR) is 92.9 cm³/mol. The molecular formula is C19H16FN3O2. The molecule has 1 unspecified atom stereocenters. The standard InChI is InChI=1S/C19H16FN3O2/c1-10-12-6-5-7-13(20)17(12)25-16(10)19(24)21-11(2)18-22-14-8-3-4-9-15(14)23-18/h3-9,11H,1-2H3,(H,21,24)(H,22,23). The lowest BCUT2D eigenvalue weighted by molar-refractivity contribution is 0.0911. The Morgan fingerprint density at radius 1 is 1.24 bits per heavy atom. The lowest BCUT2D eigenvalue weighted by atomic mass is 10.1. The zero-order chi connectivity index (χ0) is 17.6. The number of para-hydroxylation sites is 3. The lowest BCUT2D eigenvalue weighted by Crippen LogP contribution is -2.27. The third-order valence-electron chi connectivity index (χ3n) is 4.29. The highest BCUT2D eigenvalue weighted by atomic mass is 19.1. The molecule has 0 bridgehead atoms. The van der Waals surface area contributed by atoms with Crippen molar-refractivity contribution in [3.63, 3.8) is 0 Å². The molecule has 2 N–H and O–H groups in total. The number of H-pyrrole nitrogens is 1. The van der Waals surface area contributed by atoms with Gasteiger partial charge in [0, 0.05) is 10.9 Å². The van der Waals surface area contributed by atoms with Gasteiger partial charge in [0.15, 0.2) is 17.2 Å². The van der Waals surface area contributed by atoms with Gasteiger partial charge in [-0.05, 0) is 32.0 Å². The SMILES string of the molecule is Cc1c(C(=O)NC(C)c2nc3ccccc3[nH]2)oc2c(F)cccc12. The summed E-state index contributed by atoms with van der Waals surface area (Å²) < 4.78 is 19.3. The molecule has 0 saturated carbocycles. The summed E-state index contributed by atoms with van der Waals surface area (Å²) in [6.07, 6.45) is 0. The second kappa shape index (κ2) is 5.73. The lowest BCUT2D eigenvalue weighted by Gasteiger charge is -2.10. The molecule has 6 heteroatoms. The van der Waals surface area contributed by atoms with E-state index in [1.165, 1.54) is 6.07 Å². The van der Waals surface area contributed by atoms with Gasteiger partial charge in [-0.15, -0.1) is 0 Å². The van der Waals surface area contributed by atoms with Crippen molar-refractivity contribution >= 4 is 27.9 Å². The Labute approximate surface area is 142 Å². The molecule has 126 valence electrons. The Morgan fingerprint density at radius 3 is 2.80 bits per heavy atom. The van der Waals surface area contributed by atoms with Crippen molar-refractivity contribution in [3.8, 4) is 0 Å². The van der Waals surface area contributed by atoms with Gasteiger partial charge in [0.05, 0.1) is 17.1 Å². The third kappa shape index (κ3) is 2.55. The van der Waals surface area contributed by atoms with Crippen LogP contribution in [0.2, 0.25) is 0 Å². The van der Waals surface area contributed by atoms with E-state index in [1.807, 2.05) is 31.2 Å². The van der Waals surface area contributed by atoms with Crippen LogP contribution in [-0.2, 0) is 0 Å². The van der Waals surface area contributed by atoms with Gasteiger partial charge in [0.1, 0.15) is 5.82 Å².